The number of imidazole rings is 1. The van der Waals surface area contributed by atoms with Gasteiger partial charge in [0.25, 0.3) is 0 Å². The van der Waals surface area contributed by atoms with Crippen LogP contribution in [0.4, 0.5) is 11.6 Å². The molecule has 9 heteroatoms. The zero-order valence-corrected chi connectivity index (χ0v) is 11.6. The van der Waals surface area contributed by atoms with Crippen molar-refractivity contribution in [2.24, 2.45) is 0 Å². The van der Waals surface area contributed by atoms with Crippen molar-refractivity contribution in [2.45, 2.75) is 0 Å². The molecule has 19 heavy (non-hydrogen) atoms. The van der Waals surface area contributed by atoms with E-state index < -0.39 is 10.0 Å². The molecule has 0 saturated heterocycles. The molecule has 2 rings (SSSR count). The summed E-state index contributed by atoms with van der Waals surface area (Å²) in [6, 6.07) is 0. The molecule has 0 aromatic carbocycles. The van der Waals surface area contributed by atoms with Crippen LogP contribution in [0.25, 0.3) is 5.65 Å². The lowest BCUT2D eigenvalue weighted by Gasteiger charge is -2.12. The van der Waals surface area contributed by atoms with Gasteiger partial charge >= 0.3 is 0 Å². The monoisotopic (exact) mass is 284 g/mol. The molecule has 0 radical (unpaired) electrons. The molecule has 0 spiro atoms. The Balaban J connectivity index is 2.12. The highest BCUT2D eigenvalue weighted by Crippen LogP contribution is 2.14. The molecule has 0 aliphatic heterocycles. The Labute approximate surface area is 111 Å². The van der Waals surface area contributed by atoms with E-state index in [0.717, 1.165) is 0 Å². The third-order valence-electron chi connectivity index (χ3n) is 2.60. The molecule has 3 N–H and O–H groups in total. The number of nitrogens with one attached hydrogen (secondary N) is 1. The minimum absolute atomic E-state index is 0.0245. The zero-order chi connectivity index (χ0) is 14.0. The Morgan fingerprint density at radius 3 is 2.89 bits per heavy atom. The van der Waals surface area contributed by atoms with Gasteiger partial charge in [-0.15, -0.1) is 0 Å². The molecule has 0 atom stereocenters. The highest BCUT2D eigenvalue weighted by atomic mass is 32.2. The Kier molecular flexibility index (Phi) is 3.58. The van der Waals surface area contributed by atoms with E-state index in [4.69, 9.17) is 5.73 Å². The molecule has 8 nitrogen and oxygen atoms in total. The SMILES string of the molecule is CN(C)S(=O)(=O)CCNc1nc(N)cn2ccnc12. The third-order valence-corrected chi connectivity index (χ3v) is 4.43. The van der Waals surface area contributed by atoms with E-state index in [9.17, 15) is 8.42 Å². The van der Waals surface area contributed by atoms with Crippen LogP contribution in [0.5, 0.6) is 0 Å². The molecule has 0 fully saturated rings. The summed E-state index contributed by atoms with van der Waals surface area (Å²) in [5, 5.41) is 2.95. The number of hydrogen-bond acceptors (Lipinski definition) is 6. The van der Waals surface area contributed by atoms with Gasteiger partial charge in [-0.05, 0) is 0 Å². The second kappa shape index (κ2) is 5.02. The van der Waals surface area contributed by atoms with Crippen molar-refractivity contribution in [3.05, 3.63) is 18.6 Å². The van der Waals surface area contributed by atoms with Gasteiger partial charge in [-0.3, -0.25) is 0 Å². The predicted octanol–water partition coefficient (Wildman–Crippen LogP) is -0.385. The van der Waals surface area contributed by atoms with Crippen molar-refractivity contribution in [2.75, 3.05) is 37.4 Å². The number of hydrogen-bond donors (Lipinski definition) is 2. The van der Waals surface area contributed by atoms with Gasteiger partial charge < -0.3 is 15.5 Å². The number of aromatic nitrogens is 3. The minimum Gasteiger partial charge on any atom is -0.382 e. The largest absolute Gasteiger partial charge is 0.382 e. The van der Waals surface area contributed by atoms with Crippen LogP contribution in [0.2, 0.25) is 0 Å². The smallest absolute Gasteiger partial charge is 0.215 e. The third kappa shape index (κ3) is 2.93. The van der Waals surface area contributed by atoms with E-state index in [1.807, 2.05) is 0 Å². The summed E-state index contributed by atoms with van der Waals surface area (Å²) in [5.74, 6) is 0.783. The molecule has 0 aliphatic rings. The first-order valence-corrected chi connectivity index (χ1v) is 7.24. The van der Waals surface area contributed by atoms with E-state index in [2.05, 4.69) is 15.3 Å². The lowest BCUT2D eigenvalue weighted by Crippen LogP contribution is -2.28. The fourth-order valence-electron chi connectivity index (χ4n) is 1.55. The number of nitrogen functional groups attached to an aromatic ring is 1. The number of fused-ring (bicyclic) bond motifs is 1. The summed E-state index contributed by atoms with van der Waals surface area (Å²) in [5.41, 5.74) is 6.27. The fourth-order valence-corrected chi connectivity index (χ4v) is 2.28. The maximum absolute atomic E-state index is 11.6. The van der Waals surface area contributed by atoms with Gasteiger partial charge in [0.15, 0.2) is 11.5 Å². The first kappa shape index (κ1) is 13.6. The maximum Gasteiger partial charge on any atom is 0.215 e. The van der Waals surface area contributed by atoms with Crippen molar-refractivity contribution in [1.82, 2.24) is 18.7 Å². The van der Waals surface area contributed by atoms with Crippen LogP contribution in [-0.4, -0.2) is 53.5 Å². The molecular formula is C10H16N6O2S. The predicted molar refractivity (Wildman–Crippen MR) is 73.4 cm³/mol. The number of sulfonamides is 1. The molecule has 0 bridgehead atoms. The van der Waals surface area contributed by atoms with E-state index >= 15 is 0 Å². The topological polar surface area (TPSA) is 106 Å². The van der Waals surface area contributed by atoms with E-state index in [0.29, 0.717) is 17.3 Å². The van der Waals surface area contributed by atoms with Gasteiger partial charge in [-0.2, -0.15) is 0 Å². The first-order chi connectivity index (χ1) is 8.90. The summed E-state index contributed by atoms with van der Waals surface area (Å²) >= 11 is 0. The van der Waals surface area contributed by atoms with Crippen LogP contribution in [0.3, 0.4) is 0 Å². The van der Waals surface area contributed by atoms with Crippen molar-refractivity contribution >= 4 is 27.3 Å². The highest BCUT2D eigenvalue weighted by Gasteiger charge is 2.13. The molecular weight excluding hydrogens is 268 g/mol. The van der Waals surface area contributed by atoms with Crippen molar-refractivity contribution in [3.8, 4) is 0 Å². The second-order valence-corrected chi connectivity index (χ2v) is 6.50. The molecule has 2 aromatic rings. The molecule has 0 saturated carbocycles. The number of rotatable bonds is 5. The van der Waals surface area contributed by atoms with Gasteiger partial charge in [0.2, 0.25) is 10.0 Å². The normalized spacial score (nSPS) is 12.2. The molecule has 0 amide bonds. The van der Waals surface area contributed by atoms with Crippen LogP contribution in [0.1, 0.15) is 0 Å². The summed E-state index contributed by atoms with van der Waals surface area (Å²) in [6.45, 7) is 0.236. The summed E-state index contributed by atoms with van der Waals surface area (Å²) in [7, 11) is -0.232. The van der Waals surface area contributed by atoms with Crippen LogP contribution < -0.4 is 11.1 Å². The number of anilines is 2. The Morgan fingerprint density at radius 1 is 1.47 bits per heavy atom. The van der Waals surface area contributed by atoms with Crippen LogP contribution in [0.15, 0.2) is 18.6 Å². The summed E-state index contributed by atoms with van der Waals surface area (Å²) < 4.78 is 26.2. The fraction of sp³-hybridized carbons (Fsp3) is 0.400. The number of nitrogens with zero attached hydrogens (tertiary/aromatic N) is 4. The summed E-state index contributed by atoms with van der Waals surface area (Å²) in [6.07, 6.45) is 5.01. The van der Waals surface area contributed by atoms with Crippen LogP contribution in [0, 0.1) is 0 Å². The van der Waals surface area contributed by atoms with Crippen molar-refractivity contribution in [1.29, 1.82) is 0 Å². The minimum atomic E-state index is -3.23. The molecule has 104 valence electrons. The summed E-state index contributed by atoms with van der Waals surface area (Å²) in [4.78, 5) is 8.25. The van der Waals surface area contributed by atoms with Crippen molar-refractivity contribution in [3.63, 3.8) is 0 Å². The Bertz CT molecular complexity index is 678. The highest BCUT2D eigenvalue weighted by molar-refractivity contribution is 7.89. The number of nitrogens with two attached hydrogens (primary N) is 1. The Hall–Kier alpha value is -1.87. The molecule has 0 aliphatic carbocycles. The molecule has 2 aromatic heterocycles. The van der Waals surface area contributed by atoms with Crippen LogP contribution >= 0.6 is 0 Å². The van der Waals surface area contributed by atoms with Gasteiger partial charge in [-0.1, -0.05) is 0 Å². The average Bonchev–Trinajstić information content (AvgIpc) is 2.76. The standard InChI is InChI=1S/C10H16N6O2S/c1-15(2)19(17,18)6-4-12-9-10-13-3-5-16(10)7-8(11)14-9/h3,5,7H,4,6,11H2,1-2H3,(H,12,14). The van der Waals surface area contributed by atoms with Crippen LogP contribution in [-0.2, 0) is 10.0 Å². The molecule has 2 heterocycles. The Morgan fingerprint density at radius 2 is 2.21 bits per heavy atom. The van der Waals surface area contributed by atoms with Gasteiger partial charge in [0, 0.05) is 33.0 Å². The lowest BCUT2D eigenvalue weighted by molar-refractivity contribution is 0.521. The van der Waals surface area contributed by atoms with E-state index in [1.165, 1.54) is 18.4 Å². The zero-order valence-electron chi connectivity index (χ0n) is 10.7. The van der Waals surface area contributed by atoms with Crippen molar-refractivity contribution < 1.29 is 8.42 Å². The van der Waals surface area contributed by atoms with E-state index in [1.54, 1.807) is 23.0 Å². The van der Waals surface area contributed by atoms with E-state index in [-0.39, 0.29) is 12.3 Å². The van der Waals surface area contributed by atoms with Gasteiger partial charge in [0.1, 0.15) is 5.82 Å². The van der Waals surface area contributed by atoms with Gasteiger partial charge in [0.05, 0.1) is 11.9 Å². The second-order valence-electron chi connectivity index (χ2n) is 4.20. The first-order valence-electron chi connectivity index (χ1n) is 5.63. The quantitative estimate of drug-likeness (QED) is 0.775. The average molecular weight is 284 g/mol. The molecule has 0 unspecified atom stereocenters. The van der Waals surface area contributed by atoms with Gasteiger partial charge in [-0.25, -0.2) is 22.7 Å². The lowest BCUT2D eigenvalue weighted by atomic mass is 10.5. The maximum atomic E-state index is 11.6.